The molecular weight excluding hydrogens is 316 g/mol. The Balaban J connectivity index is 1.42. The van der Waals surface area contributed by atoms with E-state index in [0.29, 0.717) is 12.3 Å². The summed E-state index contributed by atoms with van der Waals surface area (Å²) in [4.78, 5) is 15.2. The van der Waals surface area contributed by atoms with Crippen molar-refractivity contribution in [1.29, 1.82) is 0 Å². The quantitative estimate of drug-likeness (QED) is 0.682. The summed E-state index contributed by atoms with van der Waals surface area (Å²) in [5.41, 5.74) is 4.92. The highest BCUT2D eigenvalue weighted by molar-refractivity contribution is 7.99. The van der Waals surface area contributed by atoms with Gasteiger partial charge in [-0.1, -0.05) is 42.0 Å². The molecule has 124 valence electrons. The summed E-state index contributed by atoms with van der Waals surface area (Å²) < 4.78 is 0. The molecule has 1 aromatic heterocycles. The van der Waals surface area contributed by atoms with Gasteiger partial charge in [-0.05, 0) is 36.6 Å². The molecule has 1 amide bonds. The number of aromatic nitrogens is 1. The first-order valence-corrected chi connectivity index (χ1v) is 9.33. The molecule has 24 heavy (non-hydrogen) atoms. The molecule has 0 unspecified atom stereocenters. The van der Waals surface area contributed by atoms with Crippen LogP contribution in [0.25, 0.3) is 10.9 Å². The lowest BCUT2D eigenvalue weighted by atomic mass is 10.1. The van der Waals surface area contributed by atoms with Gasteiger partial charge in [0.1, 0.15) is 0 Å². The summed E-state index contributed by atoms with van der Waals surface area (Å²) in [5.74, 6) is 1.48. The van der Waals surface area contributed by atoms with Crippen LogP contribution in [0.4, 0.5) is 0 Å². The minimum Gasteiger partial charge on any atom is -0.361 e. The van der Waals surface area contributed by atoms with Gasteiger partial charge >= 0.3 is 0 Å². The third kappa shape index (κ3) is 4.42. The monoisotopic (exact) mass is 338 g/mol. The summed E-state index contributed by atoms with van der Waals surface area (Å²) >= 11 is 1.65. The number of H-pyrrole nitrogens is 1. The van der Waals surface area contributed by atoms with Gasteiger partial charge in [-0.15, -0.1) is 11.8 Å². The Labute approximate surface area is 146 Å². The molecule has 3 nitrogen and oxygen atoms in total. The molecule has 3 rings (SSSR count). The van der Waals surface area contributed by atoms with E-state index in [0.717, 1.165) is 17.7 Å². The standard InChI is InChI=1S/C20H22N2OS/c1-15-7-8-19-18(11-15)17(12-22-19)9-10-21-20(23)14-24-13-16-5-3-2-4-6-16/h2-8,11-12,22H,9-10,13-14H2,1H3,(H,21,23). The first-order chi connectivity index (χ1) is 11.7. The number of hydrogen-bond donors (Lipinski definition) is 2. The Morgan fingerprint density at radius 3 is 2.83 bits per heavy atom. The number of aromatic amines is 1. The molecule has 0 aliphatic heterocycles. The third-order valence-corrected chi connectivity index (χ3v) is 4.99. The van der Waals surface area contributed by atoms with Gasteiger partial charge in [0.2, 0.25) is 5.91 Å². The minimum atomic E-state index is 0.104. The maximum Gasteiger partial charge on any atom is 0.230 e. The van der Waals surface area contributed by atoms with Crippen molar-refractivity contribution in [3.63, 3.8) is 0 Å². The summed E-state index contributed by atoms with van der Waals surface area (Å²) in [6.45, 7) is 2.77. The van der Waals surface area contributed by atoms with Gasteiger partial charge in [-0.3, -0.25) is 4.79 Å². The third-order valence-electron chi connectivity index (χ3n) is 3.98. The van der Waals surface area contributed by atoms with Crippen LogP contribution in [0.5, 0.6) is 0 Å². The van der Waals surface area contributed by atoms with Gasteiger partial charge in [0.15, 0.2) is 0 Å². The fourth-order valence-corrected chi connectivity index (χ4v) is 3.54. The Hall–Kier alpha value is -2.20. The van der Waals surface area contributed by atoms with Crippen molar-refractivity contribution in [1.82, 2.24) is 10.3 Å². The van der Waals surface area contributed by atoms with Gasteiger partial charge in [0, 0.05) is 29.4 Å². The minimum absolute atomic E-state index is 0.104. The van der Waals surface area contributed by atoms with Gasteiger partial charge in [-0.25, -0.2) is 0 Å². The van der Waals surface area contributed by atoms with Crippen LogP contribution < -0.4 is 5.32 Å². The maximum absolute atomic E-state index is 11.9. The van der Waals surface area contributed by atoms with Gasteiger partial charge in [0.25, 0.3) is 0 Å². The number of carbonyl (C=O) groups is 1. The SMILES string of the molecule is Cc1ccc2[nH]cc(CCNC(=O)CSCc3ccccc3)c2c1. The molecule has 2 N–H and O–H groups in total. The fourth-order valence-electron chi connectivity index (χ4n) is 2.72. The molecule has 0 aliphatic rings. The van der Waals surface area contributed by atoms with Crippen LogP contribution in [-0.4, -0.2) is 23.2 Å². The molecule has 0 bridgehead atoms. The summed E-state index contributed by atoms with van der Waals surface area (Å²) in [7, 11) is 0. The first kappa shape index (κ1) is 16.7. The van der Waals surface area contributed by atoms with Crippen molar-refractivity contribution < 1.29 is 4.79 Å². The normalized spacial score (nSPS) is 10.9. The van der Waals surface area contributed by atoms with Crippen LogP contribution in [0, 0.1) is 6.92 Å². The van der Waals surface area contributed by atoms with E-state index in [1.807, 2.05) is 24.4 Å². The average Bonchev–Trinajstić information content (AvgIpc) is 2.98. The summed E-state index contributed by atoms with van der Waals surface area (Å²) in [6, 6.07) is 16.6. The van der Waals surface area contributed by atoms with Crippen molar-refractivity contribution in [2.24, 2.45) is 0 Å². The van der Waals surface area contributed by atoms with Gasteiger partial charge < -0.3 is 10.3 Å². The smallest absolute Gasteiger partial charge is 0.230 e. The highest BCUT2D eigenvalue weighted by atomic mass is 32.2. The second-order valence-corrected chi connectivity index (χ2v) is 6.93. The second-order valence-electron chi connectivity index (χ2n) is 5.94. The van der Waals surface area contributed by atoms with Gasteiger partial charge in [0.05, 0.1) is 5.75 Å². The zero-order chi connectivity index (χ0) is 16.8. The Bertz CT molecular complexity index is 811. The molecule has 0 spiro atoms. The highest BCUT2D eigenvalue weighted by Crippen LogP contribution is 2.19. The van der Waals surface area contributed by atoms with E-state index in [2.05, 4.69) is 47.6 Å². The topological polar surface area (TPSA) is 44.9 Å². The molecule has 1 heterocycles. The number of benzene rings is 2. The molecule has 0 radical (unpaired) electrons. The van der Waals surface area contributed by atoms with Crippen molar-refractivity contribution in [2.45, 2.75) is 19.1 Å². The van der Waals surface area contributed by atoms with E-state index >= 15 is 0 Å². The number of carbonyl (C=O) groups excluding carboxylic acids is 1. The number of amides is 1. The van der Waals surface area contributed by atoms with Crippen LogP contribution in [-0.2, 0) is 17.0 Å². The van der Waals surface area contributed by atoms with E-state index < -0.39 is 0 Å². The highest BCUT2D eigenvalue weighted by Gasteiger charge is 2.05. The van der Waals surface area contributed by atoms with Crippen molar-refractivity contribution in [2.75, 3.05) is 12.3 Å². The van der Waals surface area contributed by atoms with Crippen molar-refractivity contribution >= 4 is 28.6 Å². The van der Waals surface area contributed by atoms with Crippen LogP contribution in [0.15, 0.2) is 54.7 Å². The Morgan fingerprint density at radius 2 is 2.00 bits per heavy atom. The lowest BCUT2D eigenvalue weighted by Crippen LogP contribution is -2.27. The van der Waals surface area contributed by atoms with Gasteiger partial charge in [-0.2, -0.15) is 0 Å². The van der Waals surface area contributed by atoms with E-state index in [1.54, 1.807) is 11.8 Å². The lowest BCUT2D eigenvalue weighted by Gasteiger charge is -2.05. The van der Waals surface area contributed by atoms with Crippen LogP contribution in [0.2, 0.25) is 0 Å². The molecule has 0 aliphatic carbocycles. The first-order valence-electron chi connectivity index (χ1n) is 8.17. The maximum atomic E-state index is 11.9. The molecule has 0 saturated heterocycles. The Morgan fingerprint density at radius 1 is 1.17 bits per heavy atom. The molecule has 2 aromatic carbocycles. The fraction of sp³-hybridized carbons (Fsp3) is 0.250. The van der Waals surface area contributed by atoms with Crippen molar-refractivity contribution in [3.8, 4) is 0 Å². The lowest BCUT2D eigenvalue weighted by molar-refractivity contribution is -0.118. The molecule has 4 heteroatoms. The molecule has 0 saturated carbocycles. The van der Waals surface area contributed by atoms with Crippen LogP contribution in [0.3, 0.4) is 0 Å². The average molecular weight is 338 g/mol. The number of rotatable bonds is 7. The number of hydrogen-bond acceptors (Lipinski definition) is 2. The largest absolute Gasteiger partial charge is 0.361 e. The number of thioether (sulfide) groups is 1. The number of nitrogens with one attached hydrogen (secondary N) is 2. The summed E-state index contributed by atoms with van der Waals surface area (Å²) in [5, 5.41) is 4.27. The zero-order valence-corrected chi connectivity index (χ0v) is 14.7. The van der Waals surface area contributed by atoms with Crippen molar-refractivity contribution in [3.05, 3.63) is 71.4 Å². The molecule has 0 fully saturated rings. The summed E-state index contributed by atoms with van der Waals surface area (Å²) in [6.07, 6.45) is 2.89. The van der Waals surface area contributed by atoms with Crippen LogP contribution in [0.1, 0.15) is 16.7 Å². The Kier molecular flexibility index (Phi) is 5.59. The molecule has 3 aromatic rings. The number of aryl methyl sites for hydroxylation is 1. The van der Waals surface area contributed by atoms with E-state index in [-0.39, 0.29) is 5.91 Å². The van der Waals surface area contributed by atoms with Crippen LogP contribution >= 0.6 is 11.8 Å². The van der Waals surface area contributed by atoms with E-state index in [1.165, 1.54) is 22.1 Å². The van der Waals surface area contributed by atoms with E-state index in [4.69, 9.17) is 0 Å². The second kappa shape index (κ2) is 8.06. The van der Waals surface area contributed by atoms with E-state index in [9.17, 15) is 4.79 Å². The molecular formula is C20H22N2OS. The number of fused-ring (bicyclic) bond motifs is 1. The predicted octanol–water partition coefficient (Wildman–Crippen LogP) is 4.07. The predicted molar refractivity (Wildman–Crippen MR) is 102 cm³/mol. The molecule has 0 atom stereocenters. The zero-order valence-electron chi connectivity index (χ0n) is 13.8.